The maximum Gasteiger partial charge on any atom is 0.230 e. The molecule has 152 valence electrons. The number of benzene rings is 1. The molecule has 0 unspecified atom stereocenters. The topological polar surface area (TPSA) is 71.0 Å². The van der Waals surface area contributed by atoms with Gasteiger partial charge in [-0.2, -0.15) is 0 Å². The minimum absolute atomic E-state index is 0.0488. The molecule has 0 atom stereocenters. The molecule has 1 aromatic carbocycles. The summed E-state index contributed by atoms with van der Waals surface area (Å²) >= 11 is 4.71. The quantitative estimate of drug-likeness (QED) is 0.469. The molecular weight excluding hydrogens is 422 g/mol. The van der Waals surface area contributed by atoms with E-state index in [1.54, 1.807) is 34.9 Å². The van der Waals surface area contributed by atoms with Crippen LogP contribution in [0.5, 0.6) is 0 Å². The Hall–Kier alpha value is -1.97. The number of aromatic nitrogens is 3. The van der Waals surface area contributed by atoms with Crippen molar-refractivity contribution in [1.82, 2.24) is 15.2 Å². The summed E-state index contributed by atoms with van der Waals surface area (Å²) in [7, 11) is 0. The molecule has 1 saturated carbocycles. The maximum atomic E-state index is 12.2. The summed E-state index contributed by atoms with van der Waals surface area (Å²) in [5.74, 6) is 0.655. The molecule has 1 aliphatic carbocycles. The first-order chi connectivity index (χ1) is 14.2. The highest BCUT2D eigenvalue weighted by Gasteiger charge is 2.18. The number of thiazole rings is 1. The van der Waals surface area contributed by atoms with Gasteiger partial charge in [-0.3, -0.25) is 9.69 Å². The predicted octanol–water partition coefficient (Wildman–Crippen LogP) is 5.72. The van der Waals surface area contributed by atoms with Crippen LogP contribution in [0, 0.1) is 0 Å². The molecule has 4 rings (SSSR count). The lowest BCUT2D eigenvalue weighted by Crippen LogP contribution is -2.22. The normalized spacial score (nSPS) is 14.7. The second kappa shape index (κ2) is 9.69. The van der Waals surface area contributed by atoms with E-state index in [9.17, 15) is 4.79 Å². The number of anilines is 3. The van der Waals surface area contributed by atoms with Gasteiger partial charge in [-0.1, -0.05) is 60.6 Å². The second-order valence-electron chi connectivity index (χ2n) is 6.95. The van der Waals surface area contributed by atoms with Gasteiger partial charge in [0.1, 0.15) is 0 Å². The fourth-order valence-corrected chi connectivity index (χ4v) is 6.07. The van der Waals surface area contributed by atoms with Gasteiger partial charge in [-0.15, -0.1) is 21.5 Å². The van der Waals surface area contributed by atoms with Crippen molar-refractivity contribution in [2.75, 3.05) is 10.2 Å². The Kier molecular flexibility index (Phi) is 6.78. The van der Waals surface area contributed by atoms with Gasteiger partial charge in [-0.05, 0) is 25.0 Å². The van der Waals surface area contributed by atoms with E-state index < -0.39 is 0 Å². The molecule has 0 bridgehead atoms. The standard InChI is InChI=1S/C20H23N5OS3/c1-14(26)25(17-10-6-3-7-11-17)19-22-16(12-27-19)13-28-20-24-23-18(29-20)21-15-8-4-2-5-9-15/h3,6-7,10-12,15H,2,4-5,8-9,13H2,1H3,(H,21,23). The third kappa shape index (κ3) is 5.34. The zero-order valence-corrected chi connectivity index (χ0v) is 18.7. The van der Waals surface area contributed by atoms with E-state index in [4.69, 9.17) is 0 Å². The van der Waals surface area contributed by atoms with Gasteiger partial charge in [0, 0.05) is 24.1 Å². The van der Waals surface area contributed by atoms with Gasteiger partial charge in [-0.25, -0.2) is 4.98 Å². The lowest BCUT2D eigenvalue weighted by atomic mass is 9.96. The maximum absolute atomic E-state index is 12.2. The van der Waals surface area contributed by atoms with Crippen molar-refractivity contribution in [2.24, 2.45) is 0 Å². The van der Waals surface area contributed by atoms with Crippen molar-refractivity contribution in [2.45, 2.75) is 55.2 Å². The fraction of sp³-hybridized carbons (Fsp3) is 0.400. The summed E-state index contributed by atoms with van der Waals surface area (Å²) in [5.41, 5.74) is 1.77. The Morgan fingerprint density at radius 1 is 1.21 bits per heavy atom. The van der Waals surface area contributed by atoms with Crippen LogP contribution in [0.15, 0.2) is 40.1 Å². The van der Waals surface area contributed by atoms with Crippen LogP contribution < -0.4 is 10.2 Å². The van der Waals surface area contributed by atoms with Crippen molar-refractivity contribution in [3.05, 3.63) is 41.4 Å². The van der Waals surface area contributed by atoms with E-state index >= 15 is 0 Å². The number of para-hydroxylation sites is 1. The van der Waals surface area contributed by atoms with Crippen molar-refractivity contribution < 1.29 is 4.79 Å². The Bertz CT molecular complexity index is 937. The van der Waals surface area contributed by atoms with E-state index in [-0.39, 0.29) is 5.91 Å². The van der Waals surface area contributed by atoms with Crippen molar-refractivity contribution in [1.29, 1.82) is 0 Å². The third-order valence-corrected chi connectivity index (χ3v) is 7.64. The largest absolute Gasteiger partial charge is 0.357 e. The summed E-state index contributed by atoms with van der Waals surface area (Å²) in [4.78, 5) is 18.5. The van der Waals surface area contributed by atoms with Crippen LogP contribution in [0.1, 0.15) is 44.7 Å². The molecule has 1 aliphatic rings. The predicted molar refractivity (Wildman–Crippen MR) is 121 cm³/mol. The van der Waals surface area contributed by atoms with Crippen molar-refractivity contribution in [3.63, 3.8) is 0 Å². The van der Waals surface area contributed by atoms with E-state index in [1.165, 1.54) is 43.4 Å². The molecule has 0 spiro atoms. The Morgan fingerprint density at radius 2 is 2.00 bits per heavy atom. The number of thioether (sulfide) groups is 1. The van der Waals surface area contributed by atoms with Crippen LogP contribution in [0.2, 0.25) is 0 Å². The average molecular weight is 446 g/mol. The molecule has 6 nitrogen and oxygen atoms in total. The number of carbonyl (C=O) groups is 1. The number of hydrogen-bond donors (Lipinski definition) is 1. The van der Waals surface area contributed by atoms with Gasteiger partial charge in [0.2, 0.25) is 11.0 Å². The van der Waals surface area contributed by atoms with Crippen molar-refractivity contribution >= 4 is 56.3 Å². The molecule has 1 amide bonds. The SMILES string of the molecule is CC(=O)N(c1ccccc1)c1nc(CSc2nnc(NC3CCCCC3)s2)cs1. The Labute approximate surface area is 182 Å². The van der Waals surface area contributed by atoms with E-state index in [2.05, 4.69) is 20.5 Å². The van der Waals surface area contributed by atoms with Crippen LogP contribution in [0.25, 0.3) is 0 Å². The van der Waals surface area contributed by atoms with Gasteiger partial charge in [0.15, 0.2) is 9.47 Å². The highest BCUT2D eigenvalue weighted by atomic mass is 32.2. The summed E-state index contributed by atoms with van der Waals surface area (Å²) in [6.07, 6.45) is 6.38. The molecule has 1 N–H and O–H groups in total. The lowest BCUT2D eigenvalue weighted by molar-refractivity contribution is -0.115. The first-order valence-electron chi connectivity index (χ1n) is 9.72. The molecule has 0 aliphatic heterocycles. The summed E-state index contributed by atoms with van der Waals surface area (Å²) in [6.45, 7) is 1.56. The Morgan fingerprint density at radius 3 is 2.76 bits per heavy atom. The van der Waals surface area contributed by atoms with Crippen LogP contribution in [-0.4, -0.2) is 27.1 Å². The number of amides is 1. The molecular formula is C20H23N5OS3. The summed E-state index contributed by atoms with van der Waals surface area (Å²) in [5, 5.41) is 15.7. The molecule has 1 fully saturated rings. The van der Waals surface area contributed by atoms with E-state index in [0.717, 1.165) is 20.9 Å². The zero-order valence-electron chi connectivity index (χ0n) is 16.2. The highest BCUT2D eigenvalue weighted by Crippen LogP contribution is 2.33. The van der Waals surface area contributed by atoms with Crippen LogP contribution in [0.3, 0.4) is 0 Å². The second-order valence-corrected chi connectivity index (χ2v) is 9.99. The minimum atomic E-state index is -0.0488. The lowest BCUT2D eigenvalue weighted by Gasteiger charge is -2.21. The average Bonchev–Trinajstić information content (AvgIpc) is 3.37. The first kappa shape index (κ1) is 20.3. The number of nitrogens with zero attached hydrogens (tertiary/aromatic N) is 4. The summed E-state index contributed by atoms with van der Waals surface area (Å²) < 4.78 is 0.935. The first-order valence-corrected chi connectivity index (χ1v) is 12.4. The molecule has 0 saturated heterocycles. The minimum Gasteiger partial charge on any atom is -0.357 e. The monoisotopic (exact) mass is 445 g/mol. The molecule has 9 heteroatoms. The number of rotatable bonds is 7. The molecule has 0 radical (unpaired) electrons. The molecule has 3 aromatic rings. The molecule has 29 heavy (non-hydrogen) atoms. The van der Waals surface area contributed by atoms with Gasteiger partial charge in [0.25, 0.3) is 0 Å². The Balaban J connectivity index is 1.36. The fourth-order valence-electron chi connectivity index (χ4n) is 3.35. The number of hydrogen-bond acceptors (Lipinski definition) is 8. The molecule has 2 aromatic heterocycles. The van der Waals surface area contributed by atoms with E-state index in [1.807, 2.05) is 35.7 Å². The van der Waals surface area contributed by atoms with Crippen LogP contribution in [-0.2, 0) is 10.5 Å². The highest BCUT2D eigenvalue weighted by molar-refractivity contribution is 8.00. The van der Waals surface area contributed by atoms with Crippen LogP contribution >= 0.6 is 34.4 Å². The number of nitrogens with one attached hydrogen (secondary N) is 1. The van der Waals surface area contributed by atoms with Gasteiger partial charge in [0.05, 0.1) is 11.4 Å². The van der Waals surface area contributed by atoms with Crippen LogP contribution in [0.4, 0.5) is 16.0 Å². The van der Waals surface area contributed by atoms with Crippen molar-refractivity contribution in [3.8, 4) is 0 Å². The van der Waals surface area contributed by atoms with E-state index in [0.29, 0.717) is 16.9 Å². The van der Waals surface area contributed by atoms with Gasteiger partial charge >= 0.3 is 0 Å². The summed E-state index contributed by atoms with van der Waals surface area (Å²) in [6, 6.07) is 10.1. The smallest absolute Gasteiger partial charge is 0.230 e. The molecule has 2 heterocycles. The number of carbonyl (C=O) groups excluding carboxylic acids is 1. The third-order valence-electron chi connectivity index (χ3n) is 4.74. The zero-order chi connectivity index (χ0) is 20.1. The van der Waals surface area contributed by atoms with Gasteiger partial charge < -0.3 is 5.32 Å².